The molecule has 10 rings (SSSR count). The predicted molar refractivity (Wildman–Crippen MR) is 228 cm³/mol. The van der Waals surface area contributed by atoms with Gasteiger partial charge in [-0.25, -0.2) is 14.6 Å². The molecule has 5 aromatic rings. The Morgan fingerprint density at radius 3 is 2.37 bits per heavy atom. The number of benzene rings is 3. The summed E-state index contributed by atoms with van der Waals surface area (Å²) in [6, 6.07) is 24.0. The van der Waals surface area contributed by atoms with Gasteiger partial charge in [0, 0.05) is 62.0 Å². The second-order valence-corrected chi connectivity index (χ2v) is 17.2. The van der Waals surface area contributed by atoms with Crippen LogP contribution in [0.3, 0.4) is 0 Å². The van der Waals surface area contributed by atoms with E-state index in [1.165, 1.54) is 12.8 Å². The van der Waals surface area contributed by atoms with Gasteiger partial charge in [0.2, 0.25) is 11.8 Å². The van der Waals surface area contributed by atoms with Crippen LogP contribution in [0, 0.1) is 5.92 Å². The van der Waals surface area contributed by atoms with Gasteiger partial charge in [-0.1, -0.05) is 18.2 Å². The van der Waals surface area contributed by atoms with E-state index in [1.54, 1.807) is 11.2 Å². The van der Waals surface area contributed by atoms with Crippen molar-refractivity contribution in [3.8, 4) is 22.8 Å². The van der Waals surface area contributed by atoms with E-state index < -0.39 is 6.04 Å². The van der Waals surface area contributed by atoms with Crippen molar-refractivity contribution in [1.82, 2.24) is 39.8 Å². The second-order valence-electron chi connectivity index (χ2n) is 17.2. The molecule has 3 amide bonds. The maximum atomic E-state index is 13.2. The number of nitrogens with one attached hydrogen (secondary N) is 1. The standard InChI is InChI=1S/C46H52N10O4/c47-43-41-42(31-8-11-37(12-9-31)60-36-6-2-1-3-7-36)51-56(44(41)49-29-48-43)35-5-4-20-54(28-35)33-18-21-52(22-19-33)26-30-16-23-53(24-17-30)34-10-13-38-32(25-34)27-55(46(38)59)39-14-15-40(57)50-45(39)58/h1-3,6-13,25,29-30,33,35,39H,4-5,14-24,26-28H2,(H2,47,48,49)(H,50,57,58). The van der Waals surface area contributed by atoms with E-state index in [0.717, 1.165) is 117 Å². The molecule has 14 heteroatoms. The number of nitrogens with two attached hydrogens (primary N) is 1. The number of carbonyl (C=O) groups is 3. The minimum Gasteiger partial charge on any atom is -0.457 e. The molecule has 60 heavy (non-hydrogen) atoms. The van der Waals surface area contributed by atoms with Crippen LogP contribution in [0.1, 0.15) is 73.3 Å². The Bertz CT molecular complexity index is 2390. The monoisotopic (exact) mass is 808 g/mol. The van der Waals surface area contributed by atoms with E-state index in [-0.39, 0.29) is 30.2 Å². The zero-order chi connectivity index (χ0) is 40.7. The third kappa shape index (κ3) is 7.58. The fraction of sp³-hybridized carbons (Fsp3) is 0.435. The Morgan fingerprint density at radius 1 is 0.800 bits per heavy atom. The summed E-state index contributed by atoms with van der Waals surface area (Å²) in [5.41, 5.74) is 11.8. The van der Waals surface area contributed by atoms with Gasteiger partial charge in [0.25, 0.3) is 5.91 Å². The molecule has 3 N–H and O–H groups in total. The lowest BCUT2D eigenvalue weighted by atomic mass is 9.93. The van der Waals surface area contributed by atoms with Crippen LogP contribution in [0.25, 0.3) is 22.3 Å². The van der Waals surface area contributed by atoms with Crippen molar-refractivity contribution in [2.45, 2.75) is 76.0 Å². The molecule has 3 aromatic carbocycles. The van der Waals surface area contributed by atoms with E-state index in [1.807, 2.05) is 60.7 Å². The summed E-state index contributed by atoms with van der Waals surface area (Å²) in [4.78, 5) is 55.9. The number of nitrogen functional groups attached to an aromatic ring is 1. The number of piperidine rings is 4. The zero-order valence-electron chi connectivity index (χ0n) is 33.9. The molecule has 0 bridgehead atoms. The van der Waals surface area contributed by atoms with E-state index in [2.05, 4.69) is 41.8 Å². The van der Waals surface area contributed by atoms with Gasteiger partial charge in [0.1, 0.15) is 35.4 Å². The summed E-state index contributed by atoms with van der Waals surface area (Å²) in [6.45, 7) is 7.84. The third-order valence-corrected chi connectivity index (χ3v) is 13.5. The summed E-state index contributed by atoms with van der Waals surface area (Å²) in [6.07, 6.45) is 8.98. The molecule has 0 radical (unpaired) electrons. The number of likely N-dealkylation sites (tertiary alicyclic amines) is 2. The number of fused-ring (bicyclic) bond motifs is 2. The van der Waals surface area contributed by atoms with Crippen LogP contribution in [0.5, 0.6) is 11.5 Å². The summed E-state index contributed by atoms with van der Waals surface area (Å²) >= 11 is 0. The molecule has 14 nitrogen and oxygen atoms in total. The number of imide groups is 1. The molecule has 2 unspecified atom stereocenters. The Labute approximate surface area is 349 Å². The lowest BCUT2D eigenvalue weighted by molar-refractivity contribution is -0.136. The SMILES string of the molecule is Nc1ncnc2c1c(-c1ccc(Oc3ccccc3)cc1)nn2C1CCCN(C2CCN(CC3CCN(c4ccc5c(c4)CN(C4CCC(=O)NC4=O)C5=O)CC3)CC2)C1. The quantitative estimate of drug-likeness (QED) is 0.178. The molecule has 4 saturated heterocycles. The van der Waals surface area contributed by atoms with Crippen LogP contribution in [0.2, 0.25) is 0 Å². The molecular formula is C46H52N10O4. The van der Waals surface area contributed by atoms with Crippen LogP contribution >= 0.6 is 0 Å². The van der Waals surface area contributed by atoms with Crippen molar-refractivity contribution in [2.75, 3.05) is 56.4 Å². The minimum atomic E-state index is -0.590. The van der Waals surface area contributed by atoms with Crippen LogP contribution < -0.4 is 20.7 Å². The maximum Gasteiger partial charge on any atom is 0.255 e. The van der Waals surface area contributed by atoms with E-state index in [4.69, 9.17) is 20.6 Å². The fourth-order valence-corrected chi connectivity index (χ4v) is 10.2. The third-order valence-electron chi connectivity index (χ3n) is 13.5. The topological polar surface area (TPSA) is 155 Å². The van der Waals surface area contributed by atoms with Crippen LogP contribution in [0.15, 0.2) is 79.1 Å². The molecular weight excluding hydrogens is 757 g/mol. The van der Waals surface area contributed by atoms with Crippen molar-refractivity contribution in [3.05, 3.63) is 90.3 Å². The number of carbonyl (C=O) groups excluding carboxylic acids is 3. The number of ether oxygens (including phenoxy) is 1. The molecule has 5 aliphatic rings. The van der Waals surface area contributed by atoms with Crippen LogP contribution in [-0.4, -0.2) is 110 Å². The van der Waals surface area contributed by atoms with Crippen molar-refractivity contribution in [1.29, 1.82) is 0 Å². The zero-order valence-corrected chi connectivity index (χ0v) is 33.9. The number of hydrogen-bond donors (Lipinski definition) is 2. The first kappa shape index (κ1) is 38.3. The van der Waals surface area contributed by atoms with Crippen LogP contribution in [0.4, 0.5) is 11.5 Å². The van der Waals surface area contributed by atoms with Crippen molar-refractivity contribution < 1.29 is 19.1 Å². The molecule has 5 aliphatic heterocycles. The molecule has 7 heterocycles. The Hall–Kier alpha value is -5.86. The number of nitrogens with zero attached hydrogens (tertiary/aromatic N) is 8. The highest BCUT2D eigenvalue weighted by Gasteiger charge is 2.39. The summed E-state index contributed by atoms with van der Waals surface area (Å²) < 4.78 is 8.15. The largest absolute Gasteiger partial charge is 0.457 e. The predicted octanol–water partition coefficient (Wildman–Crippen LogP) is 5.65. The average Bonchev–Trinajstić information content (AvgIpc) is 3.83. The Kier molecular flexibility index (Phi) is 10.4. The lowest BCUT2D eigenvalue weighted by Gasteiger charge is -2.43. The molecule has 4 fully saturated rings. The number of amides is 3. The van der Waals surface area contributed by atoms with Gasteiger partial charge in [0.15, 0.2) is 5.65 Å². The van der Waals surface area contributed by atoms with E-state index >= 15 is 0 Å². The highest BCUT2D eigenvalue weighted by molar-refractivity contribution is 6.05. The van der Waals surface area contributed by atoms with Crippen molar-refractivity contribution in [2.24, 2.45) is 5.92 Å². The molecule has 2 aromatic heterocycles. The van der Waals surface area contributed by atoms with Gasteiger partial charge >= 0.3 is 0 Å². The summed E-state index contributed by atoms with van der Waals surface area (Å²) in [5, 5.41) is 8.39. The number of anilines is 2. The van der Waals surface area contributed by atoms with E-state index in [9.17, 15) is 14.4 Å². The lowest BCUT2D eigenvalue weighted by Crippen LogP contribution is -2.52. The molecule has 0 saturated carbocycles. The summed E-state index contributed by atoms with van der Waals surface area (Å²) in [5.74, 6) is 1.90. The molecule has 0 aliphatic carbocycles. The Morgan fingerprint density at radius 2 is 1.58 bits per heavy atom. The highest BCUT2D eigenvalue weighted by atomic mass is 16.5. The molecule has 310 valence electrons. The molecule has 0 spiro atoms. The fourth-order valence-electron chi connectivity index (χ4n) is 10.2. The smallest absolute Gasteiger partial charge is 0.255 e. The summed E-state index contributed by atoms with van der Waals surface area (Å²) in [7, 11) is 0. The van der Waals surface area contributed by atoms with Gasteiger partial charge in [0.05, 0.1) is 11.4 Å². The minimum absolute atomic E-state index is 0.122. The van der Waals surface area contributed by atoms with Gasteiger partial charge in [-0.2, -0.15) is 5.10 Å². The van der Waals surface area contributed by atoms with Crippen molar-refractivity contribution >= 4 is 40.3 Å². The van der Waals surface area contributed by atoms with E-state index in [0.29, 0.717) is 36.3 Å². The van der Waals surface area contributed by atoms with Gasteiger partial charge in [-0.3, -0.25) is 24.6 Å². The number of aromatic nitrogens is 4. The van der Waals surface area contributed by atoms with Gasteiger partial charge in [-0.05, 0) is 131 Å². The number of rotatable bonds is 9. The maximum absolute atomic E-state index is 13.2. The number of hydrogen-bond acceptors (Lipinski definition) is 11. The first-order valence-corrected chi connectivity index (χ1v) is 21.7. The highest BCUT2D eigenvalue weighted by Crippen LogP contribution is 2.37. The first-order valence-electron chi connectivity index (χ1n) is 21.7. The first-order chi connectivity index (χ1) is 29.3. The van der Waals surface area contributed by atoms with Gasteiger partial charge in [-0.15, -0.1) is 0 Å². The normalized spacial score (nSPS) is 22.4. The van der Waals surface area contributed by atoms with Gasteiger partial charge < -0.3 is 25.2 Å². The number of para-hydroxylation sites is 1. The second kappa shape index (κ2) is 16.3. The van der Waals surface area contributed by atoms with Crippen LogP contribution in [-0.2, 0) is 16.1 Å². The van der Waals surface area contributed by atoms with Crippen molar-refractivity contribution in [3.63, 3.8) is 0 Å². The molecule has 2 atom stereocenters. The Balaban J connectivity index is 0.726. The average molecular weight is 809 g/mol.